The summed E-state index contributed by atoms with van der Waals surface area (Å²) in [6, 6.07) is 8.53. The van der Waals surface area contributed by atoms with E-state index in [-0.39, 0.29) is 0 Å². The van der Waals surface area contributed by atoms with Gasteiger partial charge in [0.25, 0.3) is 0 Å². The number of hydrogen-bond acceptors (Lipinski definition) is 1. The summed E-state index contributed by atoms with van der Waals surface area (Å²) in [6.45, 7) is 0. The Labute approximate surface area is 145 Å². The molecule has 0 fully saturated rings. The van der Waals surface area contributed by atoms with Crippen LogP contribution in [0.4, 0.5) is 26.3 Å². The fraction of sp³-hybridized carbons (Fsp3) is 0.105. The molecule has 26 heavy (non-hydrogen) atoms. The van der Waals surface area contributed by atoms with E-state index in [0.29, 0.717) is 11.1 Å². The van der Waals surface area contributed by atoms with Gasteiger partial charge < -0.3 is 0 Å². The highest BCUT2D eigenvalue weighted by Gasteiger charge is 2.30. The Morgan fingerprint density at radius 3 is 1.19 bits per heavy atom. The summed E-state index contributed by atoms with van der Waals surface area (Å²) in [4.78, 5) is 11.7. The zero-order valence-electron chi connectivity index (χ0n) is 13.1. The van der Waals surface area contributed by atoms with Gasteiger partial charge in [-0.2, -0.15) is 26.3 Å². The molecule has 2 rings (SSSR count). The third-order valence-electron chi connectivity index (χ3n) is 3.36. The van der Waals surface area contributed by atoms with Crippen molar-refractivity contribution in [2.24, 2.45) is 0 Å². The summed E-state index contributed by atoms with van der Waals surface area (Å²) >= 11 is 0. The van der Waals surface area contributed by atoms with Gasteiger partial charge in [0.1, 0.15) is 0 Å². The second kappa shape index (κ2) is 7.59. The molecule has 0 saturated heterocycles. The Morgan fingerprint density at radius 2 is 0.923 bits per heavy atom. The lowest BCUT2D eigenvalue weighted by Crippen LogP contribution is -2.04. The first-order chi connectivity index (χ1) is 12.1. The first kappa shape index (κ1) is 19.5. The van der Waals surface area contributed by atoms with E-state index in [0.717, 1.165) is 36.4 Å². The average Bonchev–Trinajstić information content (AvgIpc) is 2.57. The van der Waals surface area contributed by atoms with E-state index >= 15 is 0 Å². The highest BCUT2D eigenvalue weighted by molar-refractivity contribution is 6.04. The van der Waals surface area contributed by atoms with Crippen molar-refractivity contribution in [3.05, 3.63) is 82.9 Å². The van der Waals surface area contributed by atoms with Gasteiger partial charge >= 0.3 is 12.4 Å². The predicted octanol–water partition coefficient (Wildman–Crippen LogP) is 6.02. The Hall–Kier alpha value is -2.83. The molecule has 0 saturated carbocycles. The molecule has 0 bridgehead atoms. The minimum absolute atomic E-state index is 0.411. The molecule has 0 N–H and O–H groups in total. The van der Waals surface area contributed by atoms with Crippen molar-refractivity contribution in [2.45, 2.75) is 12.4 Å². The van der Waals surface area contributed by atoms with Gasteiger partial charge in [-0.1, -0.05) is 36.4 Å². The van der Waals surface area contributed by atoms with Crippen LogP contribution in [0, 0.1) is 0 Å². The molecule has 0 aliphatic rings. The molecule has 0 aliphatic heterocycles. The van der Waals surface area contributed by atoms with E-state index in [1.165, 1.54) is 36.4 Å². The molecule has 0 amide bonds. The van der Waals surface area contributed by atoms with Crippen LogP contribution in [0.2, 0.25) is 0 Å². The van der Waals surface area contributed by atoms with E-state index in [1.54, 1.807) is 0 Å². The van der Waals surface area contributed by atoms with Crippen molar-refractivity contribution in [3.63, 3.8) is 0 Å². The number of halogens is 6. The van der Waals surface area contributed by atoms with Crippen LogP contribution >= 0.6 is 0 Å². The number of alkyl halides is 6. The third-order valence-corrected chi connectivity index (χ3v) is 3.36. The van der Waals surface area contributed by atoms with Crippen LogP contribution in [-0.2, 0) is 17.1 Å². The first-order valence-corrected chi connectivity index (χ1v) is 7.30. The van der Waals surface area contributed by atoms with Gasteiger partial charge in [-0.15, -0.1) is 0 Å². The first-order valence-electron chi connectivity index (χ1n) is 7.30. The molecule has 136 valence electrons. The summed E-state index contributed by atoms with van der Waals surface area (Å²) in [6.07, 6.45) is -3.85. The van der Waals surface area contributed by atoms with E-state index < -0.39 is 29.3 Å². The van der Waals surface area contributed by atoms with Crippen LogP contribution in [0.3, 0.4) is 0 Å². The quantitative estimate of drug-likeness (QED) is 0.475. The van der Waals surface area contributed by atoms with Crippen molar-refractivity contribution in [2.75, 3.05) is 0 Å². The van der Waals surface area contributed by atoms with Crippen molar-refractivity contribution in [1.82, 2.24) is 0 Å². The van der Waals surface area contributed by atoms with Crippen molar-refractivity contribution >= 4 is 17.9 Å². The second-order valence-corrected chi connectivity index (χ2v) is 5.31. The van der Waals surface area contributed by atoms with Crippen LogP contribution in [0.25, 0.3) is 12.2 Å². The number of carbonyl (C=O) groups excluding carboxylic acids is 1. The van der Waals surface area contributed by atoms with Crippen LogP contribution < -0.4 is 0 Å². The van der Waals surface area contributed by atoms with Crippen molar-refractivity contribution in [1.29, 1.82) is 0 Å². The maximum Gasteiger partial charge on any atom is 0.416 e. The van der Waals surface area contributed by atoms with E-state index in [1.807, 2.05) is 0 Å². The molecule has 2 aromatic rings. The fourth-order valence-corrected chi connectivity index (χ4v) is 1.98. The zero-order chi connectivity index (χ0) is 19.4. The van der Waals surface area contributed by atoms with Crippen LogP contribution in [0.5, 0.6) is 0 Å². The Kier molecular flexibility index (Phi) is 5.69. The van der Waals surface area contributed by atoms with E-state index in [4.69, 9.17) is 0 Å². The molecular weight excluding hydrogens is 358 g/mol. The summed E-state index contributed by atoms with van der Waals surface area (Å²) in [5, 5.41) is 0. The smallest absolute Gasteiger partial charge is 0.290 e. The highest BCUT2D eigenvalue weighted by atomic mass is 19.4. The van der Waals surface area contributed by atoms with Crippen LogP contribution in [0.15, 0.2) is 60.7 Å². The normalized spacial score (nSPS) is 12.8. The Bertz CT molecular complexity index is 740. The number of rotatable bonds is 4. The summed E-state index contributed by atoms with van der Waals surface area (Å²) < 4.78 is 74.7. The summed E-state index contributed by atoms with van der Waals surface area (Å²) in [7, 11) is 0. The maximum absolute atomic E-state index is 12.4. The van der Waals surface area contributed by atoms with Gasteiger partial charge in [-0.25, -0.2) is 0 Å². The van der Waals surface area contributed by atoms with Gasteiger partial charge in [0, 0.05) is 0 Å². The van der Waals surface area contributed by atoms with E-state index in [2.05, 4.69) is 0 Å². The maximum atomic E-state index is 12.4. The fourth-order valence-electron chi connectivity index (χ4n) is 1.98. The van der Waals surface area contributed by atoms with Crippen molar-refractivity contribution in [3.8, 4) is 0 Å². The van der Waals surface area contributed by atoms with Gasteiger partial charge in [-0.3, -0.25) is 4.79 Å². The highest BCUT2D eigenvalue weighted by Crippen LogP contribution is 2.30. The minimum atomic E-state index is -4.43. The molecule has 0 heterocycles. The number of benzene rings is 2. The molecule has 1 nitrogen and oxygen atoms in total. The molecule has 0 aromatic heterocycles. The predicted molar refractivity (Wildman–Crippen MR) is 86.0 cm³/mol. The molecule has 7 heteroatoms. The largest absolute Gasteiger partial charge is 0.416 e. The van der Waals surface area contributed by atoms with Gasteiger partial charge in [0.05, 0.1) is 11.1 Å². The zero-order valence-corrected chi connectivity index (χ0v) is 13.1. The Morgan fingerprint density at radius 1 is 0.615 bits per heavy atom. The van der Waals surface area contributed by atoms with Crippen LogP contribution in [0.1, 0.15) is 22.3 Å². The number of hydrogen-bond donors (Lipinski definition) is 0. The number of carbonyl (C=O) groups is 1. The standard InChI is InChI=1S/C19H12F6O/c20-18(21,22)15-7-1-13(2-8-15)5-11-17(26)12-6-14-3-9-16(10-4-14)19(23,24)25/h1-12H/b11-5+,12-6?. The molecule has 0 unspecified atom stereocenters. The van der Waals surface area contributed by atoms with Crippen molar-refractivity contribution < 1.29 is 31.1 Å². The molecule has 2 aromatic carbocycles. The molecule has 0 spiro atoms. The molecular formula is C19H12F6O. The number of ketones is 1. The molecule has 0 radical (unpaired) electrons. The van der Waals surface area contributed by atoms with Crippen LogP contribution in [-0.4, -0.2) is 5.78 Å². The van der Waals surface area contributed by atoms with E-state index in [9.17, 15) is 31.1 Å². The lowest BCUT2D eigenvalue weighted by molar-refractivity contribution is -0.138. The second-order valence-electron chi connectivity index (χ2n) is 5.31. The topological polar surface area (TPSA) is 17.1 Å². The molecule has 0 aliphatic carbocycles. The van der Waals surface area contributed by atoms with Gasteiger partial charge in [0.2, 0.25) is 0 Å². The monoisotopic (exact) mass is 370 g/mol. The van der Waals surface area contributed by atoms with Gasteiger partial charge in [0.15, 0.2) is 5.78 Å². The van der Waals surface area contributed by atoms with Gasteiger partial charge in [-0.05, 0) is 47.5 Å². The third kappa shape index (κ3) is 5.61. The minimum Gasteiger partial charge on any atom is -0.290 e. The lowest BCUT2D eigenvalue weighted by atomic mass is 10.1. The average molecular weight is 370 g/mol. The summed E-state index contributed by atoms with van der Waals surface area (Å²) in [5.41, 5.74) is -0.755. The number of allylic oxidation sites excluding steroid dienone is 2. The Balaban J connectivity index is 1.99. The summed E-state index contributed by atoms with van der Waals surface area (Å²) in [5.74, 6) is -0.454. The SMILES string of the molecule is O=C(C=Cc1ccc(C(F)(F)F)cc1)/C=C/c1ccc(C(F)(F)F)cc1. The molecule has 0 atom stereocenters. The lowest BCUT2D eigenvalue weighted by Gasteiger charge is -2.05.